The number of nitrogens with zero attached hydrogens (tertiary/aromatic N) is 2. The van der Waals surface area contributed by atoms with Gasteiger partial charge in [0.2, 0.25) is 11.8 Å². The van der Waals surface area contributed by atoms with E-state index in [-0.39, 0.29) is 35.5 Å². The molecule has 0 radical (unpaired) electrons. The molecule has 7 nitrogen and oxygen atoms in total. The third-order valence-corrected chi connectivity index (χ3v) is 9.45. The lowest BCUT2D eigenvalue weighted by molar-refractivity contribution is -0.140. The Bertz CT molecular complexity index is 1660. The zero-order valence-electron chi connectivity index (χ0n) is 24.6. The topological polar surface area (TPSA) is 86.8 Å². The molecule has 0 heterocycles. The first-order valence-corrected chi connectivity index (χ1v) is 16.1. The molecular formula is C34H35ClFN3O4S. The predicted molar refractivity (Wildman–Crippen MR) is 171 cm³/mol. The number of rotatable bonds is 13. The standard InChI is InChI=1S/C34H35ClFN3O4S/c1-3-25(2)37-34(41)32(22-26-12-6-4-7-13-26)38(23-27-14-10-11-17-31(27)35)33(40)24-39(29-20-18-28(36)19-21-29)44(42,43)30-15-8-5-9-16-30/h4-21,25,32H,3,22-24H2,1-2H3,(H,37,41). The van der Waals surface area contributed by atoms with E-state index in [1.54, 1.807) is 42.5 Å². The number of anilines is 1. The minimum atomic E-state index is -4.27. The van der Waals surface area contributed by atoms with E-state index in [0.29, 0.717) is 17.0 Å². The molecule has 0 saturated heterocycles. The van der Waals surface area contributed by atoms with Crippen LogP contribution in [0.3, 0.4) is 0 Å². The highest BCUT2D eigenvalue weighted by Crippen LogP contribution is 2.26. The molecule has 230 valence electrons. The van der Waals surface area contributed by atoms with Gasteiger partial charge in [-0.25, -0.2) is 12.8 Å². The molecule has 0 aromatic heterocycles. The third kappa shape index (κ3) is 8.24. The van der Waals surface area contributed by atoms with Gasteiger partial charge in [-0.3, -0.25) is 13.9 Å². The van der Waals surface area contributed by atoms with Crippen LogP contribution in [0.15, 0.2) is 114 Å². The second-order valence-corrected chi connectivity index (χ2v) is 12.7. The van der Waals surface area contributed by atoms with Crippen LogP contribution in [0.1, 0.15) is 31.4 Å². The molecule has 2 unspecified atom stereocenters. The number of carbonyl (C=O) groups is 2. The number of benzene rings is 4. The highest BCUT2D eigenvalue weighted by molar-refractivity contribution is 7.92. The van der Waals surface area contributed by atoms with Gasteiger partial charge < -0.3 is 10.2 Å². The van der Waals surface area contributed by atoms with Crippen molar-refractivity contribution in [2.45, 2.75) is 50.2 Å². The van der Waals surface area contributed by atoms with Crippen molar-refractivity contribution in [3.63, 3.8) is 0 Å². The maximum atomic E-state index is 14.4. The normalized spacial score (nSPS) is 12.6. The van der Waals surface area contributed by atoms with Crippen molar-refractivity contribution in [2.24, 2.45) is 0 Å². The molecule has 0 aliphatic heterocycles. The first-order valence-electron chi connectivity index (χ1n) is 14.3. The molecule has 0 spiro atoms. The average Bonchev–Trinajstić information content (AvgIpc) is 3.03. The molecule has 0 saturated carbocycles. The molecule has 0 aliphatic rings. The first kappa shape index (κ1) is 32.7. The summed E-state index contributed by atoms with van der Waals surface area (Å²) < 4.78 is 42.7. The van der Waals surface area contributed by atoms with Crippen molar-refractivity contribution >= 4 is 39.1 Å². The van der Waals surface area contributed by atoms with Gasteiger partial charge >= 0.3 is 0 Å². The molecule has 4 aromatic rings. The molecule has 0 aliphatic carbocycles. The van der Waals surface area contributed by atoms with Crippen LogP contribution in [0.5, 0.6) is 0 Å². The summed E-state index contributed by atoms with van der Waals surface area (Å²) in [6.07, 6.45) is 0.858. The van der Waals surface area contributed by atoms with Crippen molar-refractivity contribution in [2.75, 3.05) is 10.8 Å². The summed E-state index contributed by atoms with van der Waals surface area (Å²) in [5.74, 6) is -1.56. The van der Waals surface area contributed by atoms with Crippen LogP contribution in [0.4, 0.5) is 10.1 Å². The van der Waals surface area contributed by atoms with E-state index in [2.05, 4.69) is 5.32 Å². The summed E-state index contributed by atoms with van der Waals surface area (Å²) in [6, 6.07) is 27.7. The van der Waals surface area contributed by atoms with Gasteiger partial charge in [-0.2, -0.15) is 0 Å². The molecule has 2 amide bonds. The minimum absolute atomic E-state index is 0.0369. The maximum Gasteiger partial charge on any atom is 0.264 e. The van der Waals surface area contributed by atoms with Crippen molar-refractivity contribution < 1.29 is 22.4 Å². The number of nitrogens with one attached hydrogen (secondary N) is 1. The number of hydrogen-bond acceptors (Lipinski definition) is 4. The highest BCUT2D eigenvalue weighted by Gasteiger charge is 2.35. The van der Waals surface area contributed by atoms with Crippen LogP contribution in [0.25, 0.3) is 0 Å². The van der Waals surface area contributed by atoms with Crippen LogP contribution in [0.2, 0.25) is 5.02 Å². The molecule has 44 heavy (non-hydrogen) atoms. The highest BCUT2D eigenvalue weighted by atomic mass is 35.5. The lowest BCUT2D eigenvalue weighted by Gasteiger charge is -2.34. The summed E-state index contributed by atoms with van der Waals surface area (Å²) in [7, 11) is -4.27. The molecule has 4 rings (SSSR count). The summed E-state index contributed by atoms with van der Waals surface area (Å²) >= 11 is 6.51. The molecule has 1 N–H and O–H groups in total. The molecule has 0 fully saturated rings. The van der Waals surface area contributed by atoms with Crippen LogP contribution < -0.4 is 9.62 Å². The first-order chi connectivity index (χ1) is 21.1. The summed E-state index contributed by atoms with van der Waals surface area (Å²) in [6.45, 7) is 3.13. The van der Waals surface area contributed by atoms with E-state index in [1.165, 1.54) is 29.2 Å². The number of halogens is 2. The van der Waals surface area contributed by atoms with E-state index < -0.39 is 34.3 Å². The maximum absolute atomic E-state index is 14.4. The smallest absolute Gasteiger partial charge is 0.264 e. The quantitative estimate of drug-likeness (QED) is 0.189. The zero-order valence-corrected chi connectivity index (χ0v) is 26.1. The number of carbonyl (C=O) groups excluding carboxylic acids is 2. The largest absolute Gasteiger partial charge is 0.352 e. The predicted octanol–water partition coefficient (Wildman–Crippen LogP) is 6.23. The number of hydrogen-bond donors (Lipinski definition) is 1. The van der Waals surface area contributed by atoms with E-state index in [0.717, 1.165) is 22.0 Å². The molecule has 2 atom stereocenters. The van der Waals surface area contributed by atoms with Gasteiger partial charge in [0.15, 0.2) is 0 Å². The fourth-order valence-electron chi connectivity index (χ4n) is 4.66. The fraction of sp³-hybridized carbons (Fsp3) is 0.235. The van der Waals surface area contributed by atoms with Gasteiger partial charge in [0.25, 0.3) is 10.0 Å². The Morgan fingerprint density at radius 2 is 1.45 bits per heavy atom. The fourth-order valence-corrected chi connectivity index (χ4v) is 6.29. The molecular weight excluding hydrogens is 601 g/mol. The van der Waals surface area contributed by atoms with E-state index in [1.807, 2.05) is 44.2 Å². The van der Waals surface area contributed by atoms with Gasteiger partial charge in [0, 0.05) is 24.0 Å². The Morgan fingerprint density at radius 3 is 2.07 bits per heavy atom. The summed E-state index contributed by atoms with van der Waals surface area (Å²) in [5.41, 5.74) is 1.52. The summed E-state index contributed by atoms with van der Waals surface area (Å²) in [5, 5.41) is 3.39. The Hall–Kier alpha value is -4.21. The van der Waals surface area contributed by atoms with Crippen LogP contribution >= 0.6 is 11.6 Å². The van der Waals surface area contributed by atoms with Crippen molar-refractivity contribution in [1.82, 2.24) is 10.2 Å². The SMILES string of the molecule is CCC(C)NC(=O)C(Cc1ccccc1)N(Cc1ccccc1Cl)C(=O)CN(c1ccc(F)cc1)S(=O)(=O)c1ccccc1. The van der Waals surface area contributed by atoms with Crippen molar-refractivity contribution in [1.29, 1.82) is 0 Å². The van der Waals surface area contributed by atoms with Gasteiger partial charge in [0.05, 0.1) is 10.6 Å². The number of sulfonamides is 1. The van der Waals surface area contributed by atoms with E-state index >= 15 is 0 Å². The lowest BCUT2D eigenvalue weighted by Crippen LogP contribution is -2.54. The minimum Gasteiger partial charge on any atom is -0.352 e. The van der Waals surface area contributed by atoms with Crippen LogP contribution in [-0.2, 0) is 32.6 Å². The van der Waals surface area contributed by atoms with Gasteiger partial charge in [-0.1, -0.05) is 85.3 Å². The van der Waals surface area contributed by atoms with Gasteiger partial charge in [0.1, 0.15) is 18.4 Å². The summed E-state index contributed by atoms with van der Waals surface area (Å²) in [4.78, 5) is 29.6. The Kier molecular flexibility index (Phi) is 11.1. The second kappa shape index (κ2) is 15.0. The van der Waals surface area contributed by atoms with Crippen molar-refractivity contribution in [3.8, 4) is 0 Å². The van der Waals surface area contributed by atoms with Crippen LogP contribution in [0, 0.1) is 5.82 Å². The third-order valence-electron chi connectivity index (χ3n) is 7.30. The van der Waals surface area contributed by atoms with E-state index in [9.17, 15) is 22.4 Å². The Morgan fingerprint density at radius 1 is 0.864 bits per heavy atom. The Balaban J connectivity index is 1.80. The molecule has 0 bridgehead atoms. The number of amides is 2. The molecule has 4 aromatic carbocycles. The lowest BCUT2D eigenvalue weighted by atomic mass is 10.0. The van der Waals surface area contributed by atoms with Crippen molar-refractivity contribution in [3.05, 3.63) is 131 Å². The van der Waals surface area contributed by atoms with E-state index in [4.69, 9.17) is 11.6 Å². The Labute approximate surface area is 263 Å². The average molecular weight is 636 g/mol. The van der Waals surface area contributed by atoms with Gasteiger partial charge in [-0.05, 0) is 66.9 Å². The second-order valence-electron chi connectivity index (χ2n) is 10.4. The van der Waals surface area contributed by atoms with Crippen LogP contribution in [-0.4, -0.2) is 43.8 Å². The van der Waals surface area contributed by atoms with Gasteiger partial charge in [-0.15, -0.1) is 0 Å². The molecule has 10 heteroatoms. The monoisotopic (exact) mass is 635 g/mol. The zero-order chi connectivity index (χ0) is 31.7.